The summed E-state index contributed by atoms with van der Waals surface area (Å²) in [6.45, 7) is 20.3. The molecule has 0 aromatic carbocycles. The van der Waals surface area contributed by atoms with Crippen molar-refractivity contribution in [2.24, 2.45) is 22.7 Å². The van der Waals surface area contributed by atoms with Gasteiger partial charge in [-0.2, -0.15) is 0 Å². The van der Waals surface area contributed by atoms with Crippen LogP contribution in [0.3, 0.4) is 0 Å². The Hall–Kier alpha value is -2.24. The van der Waals surface area contributed by atoms with Crippen molar-refractivity contribution in [1.82, 2.24) is 10.6 Å². The fourth-order valence-corrected chi connectivity index (χ4v) is 7.18. The van der Waals surface area contributed by atoms with E-state index in [9.17, 15) is 19.2 Å². The van der Waals surface area contributed by atoms with Crippen molar-refractivity contribution < 1.29 is 19.2 Å². The van der Waals surface area contributed by atoms with E-state index in [1.54, 1.807) is 26.0 Å². The molecule has 1 aliphatic rings. The first-order valence-electron chi connectivity index (χ1n) is 19.5. The Morgan fingerprint density at radius 3 is 1.06 bits per heavy atom. The summed E-state index contributed by atoms with van der Waals surface area (Å²) in [4.78, 5) is 49.5. The Morgan fingerprint density at radius 1 is 0.521 bits per heavy atom. The number of hydrogen-bond donors (Lipinski definition) is 2. The zero-order valence-electron chi connectivity index (χ0n) is 32.8. The van der Waals surface area contributed by atoms with Crippen molar-refractivity contribution in [3.05, 3.63) is 23.3 Å². The first kappa shape index (κ1) is 43.8. The summed E-state index contributed by atoms with van der Waals surface area (Å²) < 4.78 is 0. The first-order chi connectivity index (χ1) is 22.5. The molecule has 0 fully saturated rings. The summed E-state index contributed by atoms with van der Waals surface area (Å²) in [5, 5.41) is 6.16. The van der Waals surface area contributed by atoms with Crippen LogP contribution in [0.1, 0.15) is 185 Å². The highest BCUT2D eigenvalue weighted by molar-refractivity contribution is 6.20. The third-order valence-electron chi connectivity index (χ3n) is 10.6. The average molecular weight is 671 g/mol. The van der Waals surface area contributed by atoms with Crippen molar-refractivity contribution in [1.29, 1.82) is 0 Å². The number of unbranched alkanes of at least 4 members (excludes halogenated alkanes) is 12. The van der Waals surface area contributed by atoms with Gasteiger partial charge in [-0.3, -0.25) is 19.2 Å². The number of amides is 2. The highest BCUT2D eigenvalue weighted by atomic mass is 16.2. The summed E-state index contributed by atoms with van der Waals surface area (Å²) in [6.07, 6.45) is 23.6. The van der Waals surface area contributed by atoms with Crippen LogP contribution in [0.15, 0.2) is 23.3 Å². The van der Waals surface area contributed by atoms with Gasteiger partial charge in [-0.25, -0.2) is 0 Å². The van der Waals surface area contributed by atoms with E-state index in [1.807, 2.05) is 0 Å². The molecule has 0 radical (unpaired) electrons. The van der Waals surface area contributed by atoms with Crippen molar-refractivity contribution in [3.8, 4) is 0 Å². The largest absolute Gasteiger partial charge is 0.353 e. The number of ketones is 2. The van der Waals surface area contributed by atoms with E-state index >= 15 is 0 Å². The van der Waals surface area contributed by atoms with Crippen LogP contribution in [0.25, 0.3) is 0 Å². The Balaban J connectivity index is 2.35. The zero-order chi connectivity index (χ0) is 36.3. The van der Waals surface area contributed by atoms with Gasteiger partial charge < -0.3 is 10.6 Å². The van der Waals surface area contributed by atoms with Gasteiger partial charge in [0.1, 0.15) is 0 Å². The molecule has 1 aliphatic carbocycles. The van der Waals surface area contributed by atoms with E-state index in [-0.39, 0.29) is 46.3 Å². The summed E-state index contributed by atoms with van der Waals surface area (Å²) in [6, 6.07) is 0.545. The van der Waals surface area contributed by atoms with Crippen LogP contribution in [0.5, 0.6) is 0 Å². The molecule has 48 heavy (non-hydrogen) atoms. The van der Waals surface area contributed by atoms with E-state index in [2.05, 4.69) is 66.0 Å². The predicted octanol–water partition coefficient (Wildman–Crippen LogP) is 10.4. The van der Waals surface area contributed by atoms with Crippen LogP contribution in [-0.2, 0) is 19.2 Å². The highest BCUT2D eigenvalue weighted by Crippen LogP contribution is 2.40. The Bertz CT molecular complexity index is 982. The van der Waals surface area contributed by atoms with Gasteiger partial charge >= 0.3 is 0 Å². The maximum Gasteiger partial charge on any atom is 0.217 e. The van der Waals surface area contributed by atoms with Crippen LogP contribution in [0.4, 0.5) is 0 Å². The van der Waals surface area contributed by atoms with Crippen LogP contribution in [0.2, 0.25) is 0 Å². The van der Waals surface area contributed by atoms with Gasteiger partial charge in [-0.1, -0.05) is 145 Å². The van der Waals surface area contributed by atoms with Crippen molar-refractivity contribution in [3.63, 3.8) is 0 Å². The Labute approximate surface area is 295 Å². The second-order valence-electron chi connectivity index (χ2n) is 16.7. The number of hydrogen-bond acceptors (Lipinski definition) is 4. The molecule has 2 N–H and O–H groups in total. The van der Waals surface area contributed by atoms with Crippen molar-refractivity contribution in [2.45, 2.75) is 197 Å². The molecule has 0 aliphatic heterocycles. The first-order valence-corrected chi connectivity index (χ1v) is 19.5. The van der Waals surface area contributed by atoms with Crippen molar-refractivity contribution >= 4 is 23.4 Å². The number of carbonyl (C=O) groups excluding carboxylic acids is 4. The molecule has 0 saturated heterocycles. The van der Waals surface area contributed by atoms with E-state index in [0.29, 0.717) is 23.0 Å². The Morgan fingerprint density at radius 2 is 0.792 bits per heavy atom. The third kappa shape index (κ3) is 17.4. The number of nitrogens with one attached hydrogen (secondary N) is 2. The number of allylic oxidation sites excluding steroid dienone is 4. The van der Waals surface area contributed by atoms with E-state index < -0.39 is 0 Å². The lowest BCUT2D eigenvalue weighted by Gasteiger charge is -2.32. The van der Waals surface area contributed by atoms with Gasteiger partial charge in [-0.05, 0) is 60.5 Å². The fraction of sp³-hybridized carbons (Fsp3) is 0.810. The van der Waals surface area contributed by atoms with E-state index in [0.717, 1.165) is 64.2 Å². The van der Waals surface area contributed by atoms with Crippen LogP contribution < -0.4 is 10.6 Å². The average Bonchev–Trinajstić information content (AvgIpc) is 2.98. The van der Waals surface area contributed by atoms with Gasteiger partial charge in [-0.15, -0.1) is 0 Å². The molecule has 0 aromatic rings. The quantitative estimate of drug-likeness (QED) is 0.0708. The topological polar surface area (TPSA) is 92.3 Å². The lowest BCUT2D eigenvalue weighted by atomic mass is 9.70. The van der Waals surface area contributed by atoms with Crippen LogP contribution in [0, 0.1) is 22.7 Å². The smallest absolute Gasteiger partial charge is 0.217 e. The molecule has 6 nitrogen and oxygen atoms in total. The standard InChI is InChI=1S/C42H74N2O4/c1-31(2)37(43-33(5)45)25-21-17-13-11-15-19-23-27-41(7,8)35-29-40(48)36(30-39(35)47)42(9,10)28-24-20-16-12-14-18-22-26-38(32(3)4)44-34(6)46/h29-32,37-38H,11-28H2,1-10H3,(H,43,45)(H,44,46). The minimum absolute atomic E-state index is 0.0137. The Kier molecular flexibility index (Phi) is 20.5. The molecule has 276 valence electrons. The summed E-state index contributed by atoms with van der Waals surface area (Å²) in [5.41, 5.74) is 0.716. The second-order valence-corrected chi connectivity index (χ2v) is 16.7. The highest BCUT2D eigenvalue weighted by Gasteiger charge is 2.36. The van der Waals surface area contributed by atoms with Gasteiger partial charge in [0.05, 0.1) is 0 Å². The molecule has 0 bridgehead atoms. The van der Waals surface area contributed by atoms with Crippen LogP contribution >= 0.6 is 0 Å². The second kappa shape index (κ2) is 22.5. The van der Waals surface area contributed by atoms with E-state index in [1.165, 1.54) is 51.4 Å². The molecule has 6 heteroatoms. The monoisotopic (exact) mass is 671 g/mol. The molecule has 2 unspecified atom stereocenters. The minimum atomic E-state index is -0.311. The summed E-state index contributed by atoms with van der Waals surface area (Å²) in [5.74, 6) is 1.07. The number of rotatable bonds is 26. The normalized spacial score (nSPS) is 15.4. The fourth-order valence-electron chi connectivity index (χ4n) is 7.18. The number of carbonyl (C=O) groups is 4. The summed E-state index contributed by atoms with van der Waals surface area (Å²) >= 11 is 0. The van der Waals surface area contributed by atoms with Gasteiger partial charge in [0.2, 0.25) is 11.8 Å². The molecule has 0 aromatic heterocycles. The van der Waals surface area contributed by atoms with Gasteiger partial charge in [0.15, 0.2) is 11.6 Å². The molecule has 2 atom stereocenters. The molecule has 0 saturated carbocycles. The molecular formula is C42H74N2O4. The predicted molar refractivity (Wildman–Crippen MR) is 202 cm³/mol. The zero-order valence-corrected chi connectivity index (χ0v) is 32.8. The molecule has 2 amide bonds. The lowest BCUT2D eigenvalue weighted by molar-refractivity contribution is -0.120. The van der Waals surface area contributed by atoms with Gasteiger partial charge in [0, 0.05) is 37.1 Å². The maximum atomic E-state index is 13.3. The molecule has 0 heterocycles. The van der Waals surface area contributed by atoms with Crippen LogP contribution in [-0.4, -0.2) is 35.5 Å². The third-order valence-corrected chi connectivity index (χ3v) is 10.6. The lowest BCUT2D eigenvalue weighted by Crippen LogP contribution is -2.37. The molecule has 1 rings (SSSR count). The van der Waals surface area contributed by atoms with Gasteiger partial charge in [0.25, 0.3) is 0 Å². The van der Waals surface area contributed by atoms with E-state index in [4.69, 9.17) is 0 Å². The van der Waals surface area contributed by atoms with Crippen molar-refractivity contribution in [2.75, 3.05) is 0 Å². The molecule has 0 spiro atoms. The minimum Gasteiger partial charge on any atom is -0.353 e. The molecular weight excluding hydrogens is 596 g/mol. The summed E-state index contributed by atoms with van der Waals surface area (Å²) in [7, 11) is 0. The SMILES string of the molecule is CC(=O)NC(CCCCCCCCCC(C)(C)C1=CC(=O)C(C(C)(C)CCCCCCCCCC(NC(C)=O)C(C)C)=CC1=O)C(C)C. The maximum absolute atomic E-state index is 13.3.